The number of amides is 1. The number of cyclic esters (lactones) is 1. The third-order valence-electron chi connectivity index (χ3n) is 17.3. The van der Waals surface area contributed by atoms with Crippen LogP contribution in [0.1, 0.15) is 146 Å². The Morgan fingerprint density at radius 3 is 2.19 bits per heavy atom. The van der Waals surface area contributed by atoms with Gasteiger partial charge in [-0.25, -0.2) is 4.79 Å². The summed E-state index contributed by atoms with van der Waals surface area (Å²) in [4.78, 5) is 87.5. The Morgan fingerprint density at radius 1 is 0.863 bits per heavy atom. The average Bonchev–Trinajstić information content (AvgIpc) is 3.40. The van der Waals surface area contributed by atoms with Crippen LogP contribution in [0.4, 0.5) is 0 Å². The number of nitrogens with zero attached hydrogens (tertiary/aromatic N) is 1. The minimum Gasteiger partial charge on any atom is -0.460 e. The van der Waals surface area contributed by atoms with Gasteiger partial charge in [0.25, 0.3) is 11.7 Å². The SMILES string of the molecule is COC1CC2CCC(C)C(O)(O2)C(=O)C(=O)N2CCCCC2C(=O)OC(C(C)CC2CCC(OC(=O)C3(C)COC(C)(C)OC3)C(OC)C2)CC(=O)/C(C)=C/C(C)C(O[Si](C)(C)C)C(CO)C(=O)C(C)CC(C)C=CC=CC=C1C. The first kappa shape index (κ1) is 67.1. The van der Waals surface area contributed by atoms with Crippen molar-refractivity contribution in [1.82, 2.24) is 4.90 Å². The van der Waals surface area contributed by atoms with Crippen molar-refractivity contribution in [3.05, 3.63) is 47.6 Å². The summed E-state index contributed by atoms with van der Waals surface area (Å²) >= 11 is 0. The molecule has 0 aromatic carbocycles. The summed E-state index contributed by atoms with van der Waals surface area (Å²) in [5, 5.41) is 23.0. The van der Waals surface area contributed by atoms with E-state index >= 15 is 0 Å². The lowest BCUT2D eigenvalue weighted by Gasteiger charge is -2.43. The van der Waals surface area contributed by atoms with E-state index in [1.54, 1.807) is 54.9 Å². The molecular formula is C62H99NO16Si. The Morgan fingerprint density at radius 2 is 1.55 bits per heavy atom. The second-order valence-corrected chi connectivity index (χ2v) is 30.3. The Balaban J connectivity index is 1.48. The minimum atomic E-state index is -2.46. The maximum Gasteiger partial charge on any atom is 0.329 e. The number of esters is 2. The van der Waals surface area contributed by atoms with E-state index in [1.807, 2.05) is 84.6 Å². The van der Waals surface area contributed by atoms with Crippen LogP contribution in [0, 0.1) is 46.8 Å². The van der Waals surface area contributed by atoms with Gasteiger partial charge >= 0.3 is 11.9 Å². The molecule has 452 valence electrons. The van der Waals surface area contributed by atoms with Crippen molar-refractivity contribution in [1.29, 1.82) is 0 Å². The first-order valence-electron chi connectivity index (χ1n) is 29.5. The van der Waals surface area contributed by atoms with Crippen LogP contribution in [-0.2, 0) is 66.4 Å². The predicted octanol–water partition coefficient (Wildman–Crippen LogP) is 8.97. The number of rotatable bonds is 10. The van der Waals surface area contributed by atoms with Gasteiger partial charge in [-0.2, -0.15) is 0 Å². The molecule has 4 fully saturated rings. The van der Waals surface area contributed by atoms with Crippen molar-refractivity contribution >= 4 is 43.5 Å². The lowest BCUT2D eigenvalue weighted by atomic mass is 9.78. The Bertz CT molecular complexity index is 2260. The van der Waals surface area contributed by atoms with Gasteiger partial charge in [0, 0.05) is 51.4 Å². The highest BCUT2D eigenvalue weighted by molar-refractivity contribution is 6.69. The molecule has 4 aliphatic heterocycles. The quantitative estimate of drug-likeness (QED) is 0.118. The van der Waals surface area contributed by atoms with Crippen LogP contribution < -0.4 is 0 Å². The van der Waals surface area contributed by atoms with Crippen LogP contribution in [0.25, 0.3) is 0 Å². The molecule has 5 rings (SSSR count). The monoisotopic (exact) mass is 1140 g/mol. The van der Waals surface area contributed by atoms with Crippen LogP contribution >= 0.6 is 0 Å². The first-order chi connectivity index (χ1) is 37.5. The van der Waals surface area contributed by atoms with Crippen LogP contribution in [0.2, 0.25) is 19.6 Å². The minimum absolute atomic E-state index is 0.0134. The molecule has 15 unspecified atom stereocenters. The molecule has 1 amide bonds. The van der Waals surface area contributed by atoms with E-state index in [9.17, 15) is 39.0 Å². The second-order valence-electron chi connectivity index (χ2n) is 25.9. The summed E-state index contributed by atoms with van der Waals surface area (Å²) < 4.78 is 49.0. The normalized spacial score (nSPS) is 36.2. The number of aliphatic hydroxyl groups excluding tert-OH is 1. The Labute approximate surface area is 478 Å². The summed E-state index contributed by atoms with van der Waals surface area (Å²) in [6, 6.07) is -1.18. The van der Waals surface area contributed by atoms with Gasteiger partial charge in [0.05, 0.1) is 50.2 Å². The van der Waals surface area contributed by atoms with Crippen molar-refractivity contribution in [3.63, 3.8) is 0 Å². The molecule has 2 bridgehead atoms. The molecular weight excluding hydrogens is 1040 g/mol. The van der Waals surface area contributed by atoms with Crippen molar-refractivity contribution < 1.29 is 76.6 Å². The molecule has 1 aliphatic carbocycles. The highest BCUT2D eigenvalue weighted by atomic mass is 28.4. The number of fused-ring (bicyclic) bond motifs is 3. The number of aliphatic hydroxyl groups is 2. The number of carbonyl (C=O) groups is 6. The number of hydrogen-bond donors (Lipinski definition) is 2. The smallest absolute Gasteiger partial charge is 0.329 e. The van der Waals surface area contributed by atoms with Crippen LogP contribution in [0.3, 0.4) is 0 Å². The topological polar surface area (TPSA) is 220 Å². The van der Waals surface area contributed by atoms with Crippen molar-refractivity contribution in [2.75, 3.05) is 40.6 Å². The molecule has 5 aliphatic rings. The molecule has 0 radical (unpaired) electrons. The van der Waals surface area contributed by atoms with E-state index < -0.39 is 128 Å². The van der Waals surface area contributed by atoms with E-state index in [2.05, 4.69) is 0 Å². The Kier molecular flexibility index (Phi) is 24.5. The summed E-state index contributed by atoms with van der Waals surface area (Å²) in [7, 11) is 0.817. The summed E-state index contributed by atoms with van der Waals surface area (Å²) in [6.45, 7) is 24.3. The molecule has 80 heavy (non-hydrogen) atoms. The molecule has 2 N–H and O–H groups in total. The fourth-order valence-corrected chi connectivity index (χ4v) is 13.3. The number of hydrogen-bond acceptors (Lipinski definition) is 16. The number of ether oxygens (including phenoxy) is 7. The van der Waals surface area contributed by atoms with Crippen LogP contribution in [0.15, 0.2) is 47.6 Å². The zero-order valence-electron chi connectivity index (χ0n) is 50.9. The number of Topliss-reactive ketones (excluding diaryl/α,β-unsaturated/α-hetero) is 3. The molecule has 17 nitrogen and oxygen atoms in total. The van der Waals surface area contributed by atoms with Gasteiger partial charge in [0.2, 0.25) is 5.79 Å². The van der Waals surface area contributed by atoms with E-state index in [0.29, 0.717) is 69.8 Å². The number of carbonyl (C=O) groups excluding carboxylic acids is 6. The van der Waals surface area contributed by atoms with Gasteiger partial charge < -0.3 is 52.7 Å². The molecule has 0 spiro atoms. The van der Waals surface area contributed by atoms with Gasteiger partial charge in [-0.05, 0) is 147 Å². The molecule has 0 aromatic heterocycles. The van der Waals surface area contributed by atoms with E-state index in [4.69, 9.17) is 37.6 Å². The van der Waals surface area contributed by atoms with Crippen molar-refractivity contribution in [2.24, 2.45) is 46.8 Å². The van der Waals surface area contributed by atoms with E-state index in [-0.39, 0.29) is 56.0 Å². The van der Waals surface area contributed by atoms with Crippen LogP contribution in [-0.4, -0.2) is 153 Å². The van der Waals surface area contributed by atoms with E-state index in [1.165, 1.54) is 4.90 Å². The third kappa shape index (κ3) is 17.9. The fraction of sp³-hybridized carbons (Fsp3) is 0.774. The van der Waals surface area contributed by atoms with E-state index in [0.717, 1.165) is 5.57 Å². The first-order valence-corrected chi connectivity index (χ1v) is 32.9. The lowest BCUT2D eigenvalue weighted by molar-refractivity contribution is -0.283. The molecule has 1 saturated carbocycles. The number of methoxy groups -OCH3 is 2. The summed E-state index contributed by atoms with van der Waals surface area (Å²) in [5.74, 6) is -9.97. The third-order valence-corrected chi connectivity index (χ3v) is 18.3. The van der Waals surface area contributed by atoms with Gasteiger partial charge in [0.1, 0.15) is 29.4 Å². The highest BCUT2D eigenvalue weighted by Gasteiger charge is 2.53. The zero-order valence-corrected chi connectivity index (χ0v) is 51.9. The number of piperidine rings is 1. The fourth-order valence-electron chi connectivity index (χ4n) is 12.1. The maximum absolute atomic E-state index is 14.8. The van der Waals surface area contributed by atoms with Gasteiger partial charge in [-0.1, -0.05) is 71.1 Å². The number of allylic oxidation sites excluding steroid dienone is 6. The average molecular weight is 1140 g/mol. The highest BCUT2D eigenvalue weighted by Crippen LogP contribution is 2.40. The second kappa shape index (κ2) is 29.2. The predicted molar refractivity (Wildman–Crippen MR) is 305 cm³/mol. The van der Waals surface area contributed by atoms with Gasteiger partial charge in [-0.15, -0.1) is 0 Å². The van der Waals surface area contributed by atoms with Crippen LogP contribution in [0.5, 0.6) is 0 Å². The molecule has 4 heterocycles. The largest absolute Gasteiger partial charge is 0.460 e. The molecule has 3 saturated heterocycles. The standard InChI is InChI=1S/C62H99NO16Si/c1-38-21-17-16-18-22-39(2)51(72-11)33-46-26-24-44(7)62(71,78-46)56(67)57(68)63-28-20-19-23-48(63)58(69)76-52(34-49(65)40(3)30-43(6)55(79-80(13,14)15)47(35-64)54(66)42(5)29-38)41(4)31-45-25-27-50(53(32-45)73-12)77-59(70)61(10)36-74-60(8,9)75-37-61/h16-18,21-22,30,38,41-48,50-53,55,64,71H,19-20,23-29,31-37H2,1-15H3/b18-16?,21-17?,39-22?,40-30+. The molecule has 18 heteroatoms. The summed E-state index contributed by atoms with van der Waals surface area (Å²) in [5.41, 5.74) is 0.248. The van der Waals surface area contributed by atoms with Crippen molar-refractivity contribution in [2.45, 2.75) is 220 Å². The lowest BCUT2D eigenvalue weighted by Crippen LogP contribution is -2.61. The van der Waals surface area contributed by atoms with Gasteiger partial charge in [0.15, 0.2) is 19.9 Å². The zero-order chi connectivity index (χ0) is 59.5. The number of ketones is 3. The van der Waals surface area contributed by atoms with Crippen molar-refractivity contribution in [3.8, 4) is 0 Å². The molecule has 0 aromatic rings. The summed E-state index contributed by atoms with van der Waals surface area (Å²) in [6.07, 6.45) is 12.6. The Hall–Kier alpha value is -3.72. The maximum atomic E-state index is 14.8. The molecule has 15 atom stereocenters. The van der Waals surface area contributed by atoms with Gasteiger partial charge in [-0.3, -0.25) is 24.0 Å².